The Bertz CT molecular complexity index is 480. The van der Waals surface area contributed by atoms with Crippen molar-refractivity contribution < 1.29 is 9.90 Å². The molecule has 0 aromatic heterocycles. The lowest BCUT2D eigenvalue weighted by Gasteiger charge is -2.37. The minimum atomic E-state index is 0.0488. The smallest absolute Gasteiger partial charge is 0.254 e. The maximum Gasteiger partial charge on any atom is 0.254 e. The molecule has 1 N–H and O–H groups in total. The van der Waals surface area contributed by atoms with E-state index in [1.54, 1.807) is 0 Å². The van der Waals surface area contributed by atoms with Crippen molar-refractivity contribution >= 4 is 5.91 Å². The molecule has 0 aliphatic heterocycles. The Hall–Kier alpha value is -1.35. The Balaban J connectivity index is 1.81. The summed E-state index contributed by atoms with van der Waals surface area (Å²) in [5.41, 5.74) is 3.53. The molecule has 3 heteroatoms. The lowest BCUT2D eigenvalue weighted by molar-refractivity contribution is 0.0525. The van der Waals surface area contributed by atoms with Gasteiger partial charge >= 0.3 is 0 Å². The molecule has 0 atom stereocenters. The van der Waals surface area contributed by atoms with Crippen LogP contribution in [0.5, 0.6) is 0 Å². The molecule has 0 bridgehead atoms. The zero-order valence-corrected chi connectivity index (χ0v) is 11.3. The van der Waals surface area contributed by atoms with E-state index in [1.165, 1.54) is 24.0 Å². The van der Waals surface area contributed by atoms with E-state index in [1.807, 2.05) is 11.0 Å². The van der Waals surface area contributed by atoms with Gasteiger partial charge in [-0.1, -0.05) is 6.07 Å². The van der Waals surface area contributed by atoms with E-state index in [0.29, 0.717) is 12.6 Å². The van der Waals surface area contributed by atoms with Crippen molar-refractivity contribution in [1.82, 2.24) is 4.90 Å². The van der Waals surface area contributed by atoms with Gasteiger partial charge in [0.15, 0.2) is 0 Å². The predicted molar refractivity (Wildman–Crippen MR) is 74.2 cm³/mol. The fraction of sp³-hybridized carbons (Fsp3) is 0.562. The SMILES string of the molecule is O=C(c1ccc2c(c1)CCC2)N(CCO)C1CCC1. The number of hydrogen-bond donors (Lipinski definition) is 1. The molecule has 3 nitrogen and oxygen atoms in total. The van der Waals surface area contributed by atoms with E-state index in [4.69, 9.17) is 5.11 Å². The number of aliphatic hydroxyl groups is 1. The lowest BCUT2D eigenvalue weighted by Crippen LogP contribution is -2.45. The third-order valence-corrected chi connectivity index (χ3v) is 4.46. The van der Waals surface area contributed by atoms with E-state index < -0.39 is 0 Å². The molecule has 0 spiro atoms. The van der Waals surface area contributed by atoms with Crippen LogP contribution in [0.1, 0.15) is 47.2 Å². The maximum absolute atomic E-state index is 12.6. The molecule has 1 fully saturated rings. The minimum Gasteiger partial charge on any atom is -0.395 e. The average Bonchev–Trinajstić information content (AvgIpc) is 2.82. The average molecular weight is 259 g/mol. The highest BCUT2D eigenvalue weighted by Crippen LogP contribution is 2.28. The van der Waals surface area contributed by atoms with Gasteiger partial charge in [0.2, 0.25) is 0 Å². The van der Waals surface area contributed by atoms with Crippen molar-refractivity contribution in [2.24, 2.45) is 0 Å². The van der Waals surface area contributed by atoms with E-state index >= 15 is 0 Å². The number of nitrogens with zero attached hydrogens (tertiary/aromatic N) is 1. The number of aryl methyl sites for hydroxylation is 2. The fourth-order valence-electron chi connectivity index (χ4n) is 3.13. The molecule has 0 radical (unpaired) electrons. The Morgan fingerprint density at radius 3 is 2.68 bits per heavy atom. The third kappa shape index (κ3) is 2.39. The van der Waals surface area contributed by atoms with Crippen LogP contribution < -0.4 is 0 Å². The minimum absolute atomic E-state index is 0.0488. The molecule has 19 heavy (non-hydrogen) atoms. The summed E-state index contributed by atoms with van der Waals surface area (Å²) in [6.07, 6.45) is 6.81. The summed E-state index contributed by atoms with van der Waals surface area (Å²) < 4.78 is 0. The van der Waals surface area contributed by atoms with Crippen LogP contribution in [0.2, 0.25) is 0 Å². The topological polar surface area (TPSA) is 40.5 Å². The van der Waals surface area contributed by atoms with Gasteiger partial charge in [-0.2, -0.15) is 0 Å². The largest absolute Gasteiger partial charge is 0.395 e. The van der Waals surface area contributed by atoms with E-state index in [2.05, 4.69) is 12.1 Å². The molecule has 2 aliphatic rings. The quantitative estimate of drug-likeness (QED) is 0.900. The molecule has 1 saturated carbocycles. The summed E-state index contributed by atoms with van der Waals surface area (Å²) in [7, 11) is 0. The zero-order chi connectivity index (χ0) is 13.2. The summed E-state index contributed by atoms with van der Waals surface area (Å²) in [4.78, 5) is 14.4. The number of aliphatic hydroxyl groups excluding tert-OH is 1. The Morgan fingerprint density at radius 2 is 2.00 bits per heavy atom. The standard InChI is InChI=1S/C16H21NO2/c18-10-9-17(15-5-2-6-15)16(19)14-8-7-12-3-1-4-13(12)11-14/h7-8,11,15,18H,1-6,9-10H2. The van der Waals surface area contributed by atoms with Gasteiger partial charge in [0, 0.05) is 18.2 Å². The third-order valence-electron chi connectivity index (χ3n) is 4.46. The van der Waals surface area contributed by atoms with Gasteiger partial charge in [0.25, 0.3) is 5.91 Å². The predicted octanol–water partition coefficient (Wildman–Crippen LogP) is 2.16. The molecule has 1 amide bonds. The molecule has 2 aliphatic carbocycles. The van der Waals surface area contributed by atoms with Crippen molar-refractivity contribution in [1.29, 1.82) is 0 Å². The number of benzene rings is 1. The van der Waals surface area contributed by atoms with Crippen LogP contribution in [0.25, 0.3) is 0 Å². The van der Waals surface area contributed by atoms with Crippen LogP contribution in [0.3, 0.4) is 0 Å². The Morgan fingerprint density at radius 1 is 1.21 bits per heavy atom. The molecule has 3 rings (SSSR count). The van der Waals surface area contributed by atoms with Gasteiger partial charge in [0.1, 0.15) is 0 Å². The van der Waals surface area contributed by atoms with Crippen LogP contribution in [0.4, 0.5) is 0 Å². The number of fused-ring (bicyclic) bond motifs is 1. The summed E-state index contributed by atoms with van der Waals surface area (Å²) in [6.45, 7) is 0.508. The van der Waals surface area contributed by atoms with E-state index in [0.717, 1.165) is 31.2 Å². The number of carbonyl (C=O) groups excluding carboxylic acids is 1. The molecule has 1 aromatic rings. The summed E-state index contributed by atoms with van der Waals surface area (Å²) in [5, 5.41) is 9.16. The zero-order valence-electron chi connectivity index (χ0n) is 11.3. The van der Waals surface area contributed by atoms with Crippen molar-refractivity contribution in [2.75, 3.05) is 13.2 Å². The number of amides is 1. The van der Waals surface area contributed by atoms with Crippen LogP contribution >= 0.6 is 0 Å². The van der Waals surface area contributed by atoms with Crippen molar-refractivity contribution in [3.05, 3.63) is 34.9 Å². The molecular formula is C16H21NO2. The van der Waals surface area contributed by atoms with Gasteiger partial charge in [-0.05, 0) is 61.8 Å². The molecule has 0 unspecified atom stereocenters. The van der Waals surface area contributed by atoms with Gasteiger partial charge in [-0.25, -0.2) is 0 Å². The molecule has 0 heterocycles. The fourth-order valence-corrected chi connectivity index (χ4v) is 3.13. The number of rotatable bonds is 4. The molecule has 102 valence electrons. The summed E-state index contributed by atoms with van der Waals surface area (Å²) in [5.74, 6) is 0.0912. The highest BCUT2D eigenvalue weighted by Gasteiger charge is 2.29. The second kappa shape index (κ2) is 5.33. The molecule has 0 saturated heterocycles. The van der Waals surface area contributed by atoms with Crippen LogP contribution in [-0.2, 0) is 12.8 Å². The highest BCUT2D eigenvalue weighted by molar-refractivity contribution is 5.94. The molecular weight excluding hydrogens is 238 g/mol. The van der Waals surface area contributed by atoms with Crippen molar-refractivity contribution in [3.63, 3.8) is 0 Å². The summed E-state index contributed by atoms with van der Waals surface area (Å²) >= 11 is 0. The first kappa shape index (κ1) is 12.7. The second-order valence-corrected chi connectivity index (χ2v) is 5.64. The van der Waals surface area contributed by atoms with Crippen molar-refractivity contribution in [2.45, 2.75) is 44.6 Å². The Labute approximate surface area is 114 Å². The van der Waals surface area contributed by atoms with E-state index in [9.17, 15) is 4.79 Å². The molecule has 1 aromatic carbocycles. The van der Waals surface area contributed by atoms with E-state index in [-0.39, 0.29) is 12.5 Å². The van der Waals surface area contributed by atoms with Crippen LogP contribution in [0, 0.1) is 0 Å². The normalized spacial score (nSPS) is 17.9. The van der Waals surface area contributed by atoms with Gasteiger partial charge in [-0.3, -0.25) is 4.79 Å². The Kier molecular flexibility index (Phi) is 3.56. The number of hydrogen-bond acceptors (Lipinski definition) is 2. The first-order chi connectivity index (χ1) is 9.29. The first-order valence-electron chi connectivity index (χ1n) is 7.33. The first-order valence-corrected chi connectivity index (χ1v) is 7.33. The monoisotopic (exact) mass is 259 g/mol. The summed E-state index contributed by atoms with van der Waals surface area (Å²) in [6, 6.07) is 6.46. The van der Waals surface area contributed by atoms with Crippen LogP contribution in [0.15, 0.2) is 18.2 Å². The highest BCUT2D eigenvalue weighted by atomic mass is 16.3. The van der Waals surface area contributed by atoms with Gasteiger partial charge in [-0.15, -0.1) is 0 Å². The maximum atomic E-state index is 12.6. The van der Waals surface area contributed by atoms with Gasteiger partial charge in [0.05, 0.1) is 6.61 Å². The second-order valence-electron chi connectivity index (χ2n) is 5.64. The van der Waals surface area contributed by atoms with Crippen molar-refractivity contribution in [3.8, 4) is 0 Å². The lowest BCUT2D eigenvalue weighted by atomic mass is 9.90. The van der Waals surface area contributed by atoms with Gasteiger partial charge < -0.3 is 10.0 Å². The number of carbonyl (C=O) groups is 1. The van der Waals surface area contributed by atoms with Crippen LogP contribution in [-0.4, -0.2) is 35.1 Å².